The van der Waals surface area contributed by atoms with Crippen molar-refractivity contribution >= 4 is 11.9 Å². The maximum atomic E-state index is 13.1. The van der Waals surface area contributed by atoms with E-state index in [1.165, 1.54) is 12.1 Å². The van der Waals surface area contributed by atoms with Gasteiger partial charge in [0.25, 0.3) is 0 Å². The number of aromatic amines is 1. The minimum atomic E-state index is -0.351. The van der Waals surface area contributed by atoms with E-state index in [4.69, 9.17) is 4.74 Å². The van der Waals surface area contributed by atoms with Crippen molar-refractivity contribution in [1.29, 1.82) is 0 Å². The van der Waals surface area contributed by atoms with Crippen LogP contribution in [0.25, 0.3) is 0 Å². The van der Waals surface area contributed by atoms with Crippen molar-refractivity contribution < 1.29 is 18.7 Å². The fourth-order valence-corrected chi connectivity index (χ4v) is 2.75. The smallest absolute Gasteiger partial charge is 0.340 e. The van der Waals surface area contributed by atoms with Crippen molar-refractivity contribution in [1.82, 2.24) is 10.3 Å². The number of carbonyl (C=O) groups is 2. The van der Waals surface area contributed by atoms with Crippen LogP contribution in [0.4, 0.5) is 4.39 Å². The number of halogens is 1. The van der Waals surface area contributed by atoms with Crippen LogP contribution >= 0.6 is 0 Å². The van der Waals surface area contributed by atoms with E-state index >= 15 is 0 Å². The number of rotatable bonds is 7. The molecule has 2 rings (SSSR count). The van der Waals surface area contributed by atoms with Crippen molar-refractivity contribution in [2.45, 2.75) is 40.2 Å². The zero-order valence-electron chi connectivity index (χ0n) is 14.7. The van der Waals surface area contributed by atoms with E-state index in [-0.39, 0.29) is 30.7 Å². The second-order valence-electron chi connectivity index (χ2n) is 5.86. The van der Waals surface area contributed by atoms with Crippen LogP contribution in [0.1, 0.15) is 46.2 Å². The van der Waals surface area contributed by atoms with Gasteiger partial charge in [0.05, 0.1) is 12.2 Å². The van der Waals surface area contributed by atoms with Gasteiger partial charge in [0.1, 0.15) is 5.82 Å². The number of aromatic nitrogens is 1. The van der Waals surface area contributed by atoms with Crippen LogP contribution in [-0.2, 0) is 22.5 Å². The number of aryl methyl sites for hydroxylation is 2. The third kappa shape index (κ3) is 4.92. The number of benzene rings is 1. The molecule has 0 aliphatic heterocycles. The van der Waals surface area contributed by atoms with Crippen molar-refractivity contribution in [2.24, 2.45) is 0 Å². The van der Waals surface area contributed by atoms with Gasteiger partial charge in [-0.3, -0.25) is 4.79 Å². The first-order valence-corrected chi connectivity index (χ1v) is 8.28. The SMILES string of the molecule is CCOC(=O)c1c(C)[nH]c(CCC(=O)NCc2cccc(F)c2)c1C. The molecule has 0 unspecified atom stereocenters. The molecule has 0 atom stereocenters. The summed E-state index contributed by atoms with van der Waals surface area (Å²) in [7, 11) is 0. The molecule has 6 heteroatoms. The minimum Gasteiger partial charge on any atom is -0.462 e. The highest BCUT2D eigenvalue weighted by molar-refractivity contribution is 5.92. The van der Waals surface area contributed by atoms with E-state index < -0.39 is 0 Å². The summed E-state index contributed by atoms with van der Waals surface area (Å²) in [4.78, 5) is 27.1. The van der Waals surface area contributed by atoms with Crippen LogP contribution in [0.2, 0.25) is 0 Å². The number of ether oxygens (including phenoxy) is 1. The first kappa shape index (κ1) is 18.7. The molecule has 0 bridgehead atoms. The van der Waals surface area contributed by atoms with Crippen molar-refractivity contribution in [3.8, 4) is 0 Å². The first-order chi connectivity index (χ1) is 11.9. The molecule has 0 fully saturated rings. The maximum Gasteiger partial charge on any atom is 0.340 e. The standard InChI is InChI=1S/C19H23FN2O3/c1-4-25-19(24)18-12(2)16(22-13(18)3)8-9-17(23)21-11-14-6-5-7-15(20)10-14/h5-7,10,22H,4,8-9,11H2,1-3H3,(H,21,23). The Bertz CT molecular complexity index is 768. The summed E-state index contributed by atoms with van der Waals surface area (Å²) in [5.41, 5.74) is 3.66. The van der Waals surface area contributed by atoms with Gasteiger partial charge in [-0.25, -0.2) is 9.18 Å². The quantitative estimate of drug-likeness (QED) is 0.756. The van der Waals surface area contributed by atoms with Gasteiger partial charge in [-0.1, -0.05) is 12.1 Å². The molecule has 134 valence electrons. The van der Waals surface area contributed by atoms with E-state index in [2.05, 4.69) is 10.3 Å². The molecular weight excluding hydrogens is 323 g/mol. The summed E-state index contributed by atoms with van der Waals surface area (Å²) in [5.74, 6) is -0.806. The first-order valence-electron chi connectivity index (χ1n) is 8.28. The maximum absolute atomic E-state index is 13.1. The number of esters is 1. The average molecular weight is 346 g/mol. The van der Waals surface area contributed by atoms with E-state index in [1.807, 2.05) is 13.8 Å². The fraction of sp³-hybridized carbons (Fsp3) is 0.368. The Morgan fingerprint density at radius 1 is 1.28 bits per heavy atom. The Labute approximate surface area is 146 Å². The van der Waals surface area contributed by atoms with Crippen molar-refractivity contribution in [3.05, 3.63) is 58.2 Å². The summed E-state index contributed by atoms with van der Waals surface area (Å²) < 4.78 is 18.2. The monoisotopic (exact) mass is 346 g/mol. The van der Waals surface area contributed by atoms with Gasteiger partial charge in [-0.05, 0) is 50.5 Å². The second-order valence-corrected chi connectivity index (χ2v) is 5.86. The van der Waals surface area contributed by atoms with Gasteiger partial charge in [0.2, 0.25) is 5.91 Å². The Balaban J connectivity index is 1.91. The van der Waals surface area contributed by atoms with E-state index in [9.17, 15) is 14.0 Å². The Morgan fingerprint density at radius 3 is 2.72 bits per heavy atom. The number of nitrogens with one attached hydrogen (secondary N) is 2. The highest BCUT2D eigenvalue weighted by Gasteiger charge is 2.19. The molecule has 1 aromatic heterocycles. The van der Waals surface area contributed by atoms with E-state index in [0.717, 1.165) is 17.0 Å². The highest BCUT2D eigenvalue weighted by Crippen LogP contribution is 2.20. The summed E-state index contributed by atoms with van der Waals surface area (Å²) in [5, 5.41) is 2.77. The molecule has 1 aromatic carbocycles. The molecule has 0 aliphatic carbocycles. The Kier molecular flexibility index (Phi) is 6.33. The van der Waals surface area contributed by atoms with E-state index in [1.54, 1.807) is 19.1 Å². The van der Waals surface area contributed by atoms with Crippen molar-refractivity contribution in [2.75, 3.05) is 6.61 Å². The predicted octanol–water partition coefficient (Wildman–Crippen LogP) is 3.20. The second kappa shape index (κ2) is 8.46. The molecule has 0 spiro atoms. The third-order valence-corrected chi connectivity index (χ3v) is 4.00. The van der Waals surface area contributed by atoms with Crippen LogP contribution in [-0.4, -0.2) is 23.5 Å². The van der Waals surface area contributed by atoms with Crippen LogP contribution in [0.5, 0.6) is 0 Å². The Hall–Kier alpha value is -2.63. The Morgan fingerprint density at radius 2 is 2.04 bits per heavy atom. The summed E-state index contributed by atoms with van der Waals surface area (Å²) in [6.45, 7) is 6.02. The van der Waals surface area contributed by atoms with Crippen LogP contribution in [0, 0.1) is 19.7 Å². The van der Waals surface area contributed by atoms with Gasteiger partial charge >= 0.3 is 5.97 Å². The van der Waals surface area contributed by atoms with Crippen LogP contribution in [0.3, 0.4) is 0 Å². The average Bonchev–Trinajstić information content (AvgIpc) is 2.85. The van der Waals surface area contributed by atoms with Gasteiger partial charge in [0.15, 0.2) is 0 Å². The lowest BCUT2D eigenvalue weighted by atomic mass is 10.1. The molecule has 1 heterocycles. The van der Waals surface area contributed by atoms with Crippen LogP contribution in [0.15, 0.2) is 24.3 Å². The highest BCUT2D eigenvalue weighted by atomic mass is 19.1. The topological polar surface area (TPSA) is 71.2 Å². The van der Waals surface area contributed by atoms with E-state index in [0.29, 0.717) is 24.2 Å². The molecule has 0 aliphatic rings. The molecule has 5 nitrogen and oxygen atoms in total. The number of carbonyl (C=O) groups excluding carboxylic acids is 2. The zero-order valence-corrected chi connectivity index (χ0v) is 14.7. The molecule has 25 heavy (non-hydrogen) atoms. The zero-order chi connectivity index (χ0) is 18.4. The van der Waals surface area contributed by atoms with Gasteiger partial charge in [-0.15, -0.1) is 0 Å². The molecule has 0 saturated carbocycles. The predicted molar refractivity (Wildman–Crippen MR) is 92.8 cm³/mol. The van der Waals surface area contributed by atoms with Gasteiger partial charge < -0.3 is 15.0 Å². The summed E-state index contributed by atoms with van der Waals surface area (Å²) >= 11 is 0. The largest absolute Gasteiger partial charge is 0.462 e. The minimum absolute atomic E-state index is 0.131. The number of amides is 1. The summed E-state index contributed by atoms with van der Waals surface area (Å²) in [6.07, 6.45) is 0.763. The third-order valence-electron chi connectivity index (χ3n) is 4.00. The fourth-order valence-electron chi connectivity index (χ4n) is 2.75. The van der Waals surface area contributed by atoms with Crippen LogP contribution < -0.4 is 5.32 Å². The lowest BCUT2D eigenvalue weighted by molar-refractivity contribution is -0.121. The molecule has 0 radical (unpaired) electrons. The molecule has 2 N–H and O–H groups in total. The van der Waals surface area contributed by atoms with Crippen molar-refractivity contribution in [3.63, 3.8) is 0 Å². The number of hydrogen-bond donors (Lipinski definition) is 2. The molecule has 0 saturated heterocycles. The molecular formula is C19H23FN2O3. The molecule has 2 aromatic rings. The lowest BCUT2D eigenvalue weighted by Gasteiger charge is -2.06. The number of hydrogen-bond acceptors (Lipinski definition) is 3. The number of H-pyrrole nitrogens is 1. The molecule has 1 amide bonds. The van der Waals surface area contributed by atoms with Gasteiger partial charge in [-0.2, -0.15) is 0 Å². The lowest BCUT2D eigenvalue weighted by Crippen LogP contribution is -2.23. The summed E-state index contributed by atoms with van der Waals surface area (Å²) in [6, 6.07) is 6.12. The normalized spacial score (nSPS) is 10.6. The van der Waals surface area contributed by atoms with Gasteiger partial charge in [0, 0.05) is 24.4 Å².